The van der Waals surface area contributed by atoms with Crippen molar-refractivity contribution >= 4 is 5.69 Å². The van der Waals surface area contributed by atoms with E-state index in [1.165, 1.54) is 6.07 Å². The number of hydrogen-bond donors (Lipinski definition) is 1. The van der Waals surface area contributed by atoms with Crippen molar-refractivity contribution in [3.8, 4) is 5.75 Å². The second-order valence-electron chi connectivity index (χ2n) is 5.01. The van der Waals surface area contributed by atoms with Gasteiger partial charge >= 0.3 is 5.69 Å². The van der Waals surface area contributed by atoms with Crippen molar-refractivity contribution in [3.05, 3.63) is 69.8 Å². The van der Waals surface area contributed by atoms with Crippen molar-refractivity contribution in [2.45, 2.75) is 26.0 Å². The molecule has 0 bridgehead atoms. The van der Waals surface area contributed by atoms with E-state index in [9.17, 15) is 10.1 Å². The number of hydrogen-bond acceptors (Lipinski definition) is 4. The van der Waals surface area contributed by atoms with Gasteiger partial charge in [0, 0.05) is 12.1 Å². The van der Waals surface area contributed by atoms with Crippen molar-refractivity contribution in [1.29, 1.82) is 0 Å². The van der Waals surface area contributed by atoms with Crippen LogP contribution in [0.4, 0.5) is 5.69 Å². The first-order chi connectivity index (χ1) is 10.1. The lowest BCUT2D eigenvalue weighted by Crippen LogP contribution is -2.17. The number of rotatable bonds is 6. The van der Waals surface area contributed by atoms with E-state index in [1.807, 2.05) is 43.3 Å². The predicted octanol–water partition coefficient (Wildman–Crippen LogP) is 3.06. The van der Waals surface area contributed by atoms with Crippen molar-refractivity contribution in [1.82, 2.24) is 0 Å². The second-order valence-corrected chi connectivity index (χ2v) is 5.01. The topological polar surface area (TPSA) is 78.4 Å². The molecule has 1 atom stereocenters. The SMILES string of the molecule is CC(N)Cc1ccc(OCc2ccccc2)c([N+](=O)[O-])c1. The molecular weight excluding hydrogens is 268 g/mol. The molecule has 2 N–H and O–H groups in total. The average molecular weight is 286 g/mol. The number of benzene rings is 2. The molecule has 0 saturated carbocycles. The third-order valence-corrected chi connectivity index (χ3v) is 3.01. The molecule has 0 aliphatic rings. The molecule has 0 radical (unpaired) electrons. The van der Waals surface area contributed by atoms with E-state index in [1.54, 1.807) is 6.07 Å². The molecule has 5 nitrogen and oxygen atoms in total. The monoisotopic (exact) mass is 286 g/mol. The Morgan fingerprint density at radius 3 is 2.52 bits per heavy atom. The molecule has 110 valence electrons. The van der Waals surface area contributed by atoms with E-state index < -0.39 is 4.92 Å². The van der Waals surface area contributed by atoms with Gasteiger partial charge in [-0.1, -0.05) is 36.4 Å². The molecule has 2 aromatic carbocycles. The minimum absolute atomic E-state index is 0.0240. The lowest BCUT2D eigenvalue weighted by Gasteiger charge is -2.09. The van der Waals surface area contributed by atoms with Crippen LogP contribution in [-0.4, -0.2) is 11.0 Å². The van der Waals surface area contributed by atoms with Crippen LogP contribution in [0.2, 0.25) is 0 Å². The molecule has 0 spiro atoms. The molecule has 0 fully saturated rings. The summed E-state index contributed by atoms with van der Waals surface area (Å²) in [7, 11) is 0. The largest absolute Gasteiger partial charge is 0.482 e. The summed E-state index contributed by atoms with van der Waals surface area (Å²) >= 11 is 0. The molecule has 21 heavy (non-hydrogen) atoms. The van der Waals surface area contributed by atoms with E-state index in [2.05, 4.69) is 0 Å². The molecule has 0 aliphatic heterocycles. The number of nitrogens with zero attached hydrogens (tertiary/aromatic N) is 1. The van der Waals surface area contributed by atoms with Gasteiger partial charge in [-0.2, -0.15) is 0 Å². The fourth-order valence-electron chi connectivity index (χ4n) is 2.06. The summed E-state index contributed by atoms with van der Waals surface area (Å²) in [4.78, 5) is 10.7. The van der Waals surface area contributed by atoms with E-state index in [0.29, 0.717) is 13.0 Å². The van der Waals surface area contributed by atoms with Crippen LogP contribution < -0.4 is 10.5 Å². The summed E-state index contributed by atoms with van der Waals surface area (Å²) in [5.41, 5.74) is 7.50. The van der Waals surface area contributed by atoms with Crippen molar-refractivity contribution in [2.24, 2.45) is 5.73 Å². The van der Waals surface area contributed by atoms with E-state index in [4.69, 9.17) is 10.5 Å². The highest BCUT2D eigenvalue weighted by Gasteiger charge is 2.16. The Morgan fingerprint density at radius 1 is 1.19 bits per heavy atom. The normalized spacial score (nSPS) is 11.9. The second kappa shape index (κ2) is 6.85. The van der Waals surface area contributed by atoms with Gasteiger partial charge in [0.1, 0.15) is 6.61 Å². The molecule has 2 rings (SSSR count). The average Bonchev–Trinajstić information content (AvgIpc) is 2.46. The van der Waals surface area contributed by atoms with Crippen LogP contribution in [0, 0.1) is 10.1 Å². The summed E-state index contributed by atoms with van der Waals surface area (Å²) in [6.07, 6.45) is 0.597. The summed E-state index contributed by atoms with van der Waals surface area (Å²) < 4.78 is 5.57. The van der Waals surface area contributed by atoms with E-state index in [-0.39, 0.29) is 17.5 Å². The van der Waals surface area contributed by atoms with Crippen molar-refractivity contribution in [2.75, 3.05) is 0 Å². The van der Waals surface area contributed by atoms with Gasteiger partial charge in [0.25, 0.3) is 0 Å². The maximum absolute atomic E-state index is 11.2. The zero-order valence-electron chi connectivity index (χ0n) is 11.9. The van der Waals surface area contributed by atoms with Gasteiger partial charge < -0.3 is 10.5 Å². The first-order valence-electron chi connectivity index (χ1n) is 6.76. The Kier molecular flexibility index (Phi) is 4.90. The lowest BCUT2D eigenvalue weighted by atomic mass is 10.1. The Morgan fingerprint density at radius 2 is 1.90 bits per heavy atom. The van der Waals surface area contributed by atoms with Gasteiger partial charge in [-0.15, -0.1) is 0 Å². The zero-order chi connectivity index (χ0) is 15.2. The first-order valence-corrected chi connectivity index (χ1v) is 6.76. The van der Waals surface area contributed by atoms with Gasteiger partial charge in [0.15, 0.2) is 5.75 Å². The van der Waals surface area contributed by atoms with Gasteiger partial charge in [-0.25, -0.2) is 0 Å². The number of ether oxygens (including phenoxy) is 1. The van der Waals surface area contributed by atoms with E-state index in [0.717, 1.165) is 11.1 Å². The maximum Gasteiger partial charge on any atom is 0.311 e. The summed E-state index contributed by atoms with van der Waals surface area (Å²) in [6.45, 7) is 2.17. The van der Waals surface area contributed by atoms with Gasteiger partial charge in [-0.3, -0.25) is 10.1 Å². The summed E-state index contributed by atoms with van der Waals surface area (Å²) in [6, 6.07) is 14.5. The maximum atomic E-state index is 11.2. The molecule has 0 aliphatic carbocycles. The molecule has 5 heteroatoms. The molecular formula is C16H18N2O3. The summed E-state index contributed by atoms with van der Waals surface area (Å²) in [5.74, 6) is 0.275. The van der Waals surface area contributed by atoms with Gasteiger partial charge in [-0.05, 0) is 30.5 Å². The van der Waals surface area contributed by atoms with Crippen molar-refractivity contribution < 1.29 is 9.66 Å². The third-order valence-electron chi connectivity index (χ3n) is 3.01. The van der Waals surface area contributed by atoms with Crippen LogP contribution in [-0.2, 0) is 13.0 Å². The quantitative estimate of drug-likeness (QED) is 0.654. The lowest BCUT2D eigenvalue weighted by molar-refractivity contribution is -0.386. The van der Waals surface area contributed by atoms with Crippen LogP contribution in [0.1, 0.15) is 18.1 Å². The minimum atomic E-state index is -0.426. The van der Waals surface area contributed by atoms with Crippen LogP contribution in [0.3, 0.4) is 0 Å². The number of nitro groups is 1. The van der Waals surface area contributed by atoms with Crippen molar-refractivity contribution in [3.63, 3.8) is 0 Å². The minimum Gasteiger partial charge on any atom is -0.482 e. The molecule has 0 amide bonds. The Labute approximate surface area is 123 Å². The molecule has 0 heterocycles. The first kappa shape index (κ1) is 15.0. The number of nitrogens with two attached hydrogens (primary N) is 1. The van der Waals surface area contributed by atoms with Gasteiger partial charge in [0.2, 0.25) is 0 Å². The molecule has 1 unspecified atom stereocenters. The highest BCUT2D eigenvalue weighted by molar-refractivity contribution is 5.49. The predicted molar refractivity (Wildman–Crippen MR) is 81.2 cm³/mol. The molecule has 0 aromatic heterocycles. The van der Waals surface area contributed by atoms with Gasteiger partial charge in [0.05, 0.1) is 4.92 Å². The Balaban J connectivity index is 2.16. The third kappa shape index (κ3) is 4.29. The van der Waals surface area contributed by atoms with Crippen LogP contribution in [0.25, 0.3) is 0 Å². The van der Waals surface area contributed by atoms with Crippen LogP contribution in [0.15, 0.2) is 48.5 Å². The number of nitro benzene ring substituents is 1. The fraction of sp³-hybridized carbons (Fsp3) is 0.250. The van der Waals surface area contributed by atoms with E-state index >= 15 is 0 Å². The highest BCUT2D eigenvalue weighted by atomic mass is 16.6. The Hall–Kier alpha value is -2.40. The standard InChI is InChI=1S/C16H18N2O3/c1-12(17)9-14-7-8-16(15(10-14)18(19)20)21-11-13-5-3-2-4-6-13/h2-8,10,12H,9,11,17H2,1H3. The fourth-order valence-corrected chi connectivity index (χ4v) is 2.06. The zero-order valence-corrected chi connectivity index (χ0v) is 11.9. The Bertz CT molecular complexity index is 612. The van der Waals surface area contributed by atoms with Crippen LogP contribution in [0.5, 0.6) is 5.75 Å². The highest BCUT2D eigenvalue weighted by Crippen LogP contribution is 2.29. The molecule has 2 aromatic rings. The summed E-state index contributed by atoms with van der Waals surface area (Å²) in [5, 5.41) is 11.2. The van der Waals surface area contributed by atoms with Crippen LogP contribution >= 0.6 is 0 Å². The smallest absolute Gasteiger partial charge is 0.311 e. The molecule has 0 saturated heterocycles.